The van der Waals surface area contributed by atoms with Crippen LogP contribution < -0.4 is 10.6 Å². The highest BCUT2D eigenvalue weighted by Crippen LogP contribution is 2.27. The first kappa shape index (κ1) is 16.6. The Kier molecular flexibility index (Phi) is 4.36. The van der Waals surface area contributed by atoms with Gasteiger partial charge in [-0.15, -0.1) is 0 Å². The second-order valence-electron chi connectivity index (χ2n) is 5.67. The van der Waals surface area contributed by atoms with E-state index in [2.05, 4.69) is 25.7 Å². The second kappa shape index (κ2) is 6.82. The minimum Gasteiger partial charge on any atom is -0.339 e. The summed E-state index contributed by atoms with van der Waals surface area (Å²) >= 11 is 12.0. The van der Waals surface area contributed by atoms with E-state index in [-0.39, 0.29) is 0 Å². The highest BCUT2D eigenvalue weighted by Gasteiger charge is 2.12. The fourth-order valence-corrected chi connectivity index (χ4v) is 2.85. The van der Waals surface area contributed by atoms with Crippen LogP contribution in [-0.2, 0) is 7.05 Å². The first-order chi connectivity index (χ1) is 12.6. The van der Waals surface area contributed by atoms with Crippen LogP contribution in [0.2, 0.25) is 10.0 Å². The van der Waals surface area contributed by atoms with Gasteiger partial charge in [0.15, 0.2) is 5.65 Å². The number of halogens is 2. The predicted molar refractivity (Wildman–Crippen MR) is 106 cm³/mol. The molecule has 0 aliphatic rings. The van der Waals surface area contributed by atoms with Gasteiger partial charge in [-0.3, -0.25) is 4.68 Å². The first-order valence-electron chi connectivity index (χ1n) is 7.83. The van der Waals surface area contributed by atoms with Crippen molar-refractivity contribution in [1.29, 1.82) is 0 Å². The minimum atomic E-state index is 0.452. The quantitative estimate of drug-likeness (QED) is 0.508. The average Bonchev–Trinajstić information content (AvgIpc) is 2.99. The minimum absolute atomic E-state index is 0.452. The zero-order chi connectivity index (χ0) is 18.1. The van der Waals surface area contributed by atoms with Crippen LogP contribution in [0.15, 0.2) is 54.7 Å². The van der Waals surface area contributed by atoms with E-state index in [4.69, 9.17) is 23.2 Å². The van der Waals surface area contributed by atoms with Gasteiger partial charge in [0.25, 0.3) is 0 Å². The molecule has 2 aromatic carbocycles. The van der Waals surface area contributed by atoms with Gasteiger partial charge >= 0.3 is 0 Å². The van der Waals surface area contributed by atoms with Crippen LogP contribution in [0, 0.1) is 0 Å². The van der Waals surface area contributed by atoms with Gasteiger partial charge in [-0.1, -0.05) is 29.3 Å². The molecule has 0 spiro atoms. The SMILES string of the molecule is Cn1ncc2c(Nc3cccc(Cl)c3)nc(Nc3ccc(Cl)cc3)nc21. The van der Waals surface area contributed by atoms with Crippen molar-refractivity contribution in [2.45, 2.75) is 0 Å². The molecule has 0 saturated carbocycles. The van der Waals surface area contributed by atoms with Gasteiger partial charge in [0.05, 0.1) is 11.6 Å². The molecule has 0 atom stereocenters. The van der Waals surface area contributed by atoms with E-state index >= 15 is 0 Å². The lowest BCUT2D eigenvalue weighted by Crippen LogP contribution is -2.03. The molecular weight excluding hydrogens is 371 g/mol. The lowest BCUT2D eigenvalue weighted by molar-refractivity contribution is 0.786. The summed E-state index contributed by atoms with van der Waals surface area (Å²) in [6.45, 7) is 0. The summed E-state index contributed by atoms with van der Waals surface area (Å²) in [5, 5.41) is 12.9. The number of hydrogen-bond acceptors (Lipinski definition) is 5. The summed E-state index contributed by atoms with van der Waals surface area (Å²) in [5.41, 5.74) is 2.38. The van der Waals surface area contributed by atoms with Crippen molar-refractivity contribution >= 4 is 57.4 Å². The molecule has 0 aliphatic carbocycles. The summed E-state index contributed by atoms with van der Waals surface area (Å²) in [6, 6.07) is 14.8. The molecule has 0 bridgehead atoms. The zero-order valence-corrected chi connectivity index (χ0v) is 15.3. The van der Waals surface area contributed by atoms with Crippen molar-refractivity contribution in [1.82, 2.24) is 19.7 Å². The number of nitrogens with one attached hydrogen (secondary N) is 2. The molecule has 4 aromatic rings. The highest BCUT2D eigenvalue weighted by atomic mass is 35.5. The normalized spacial score (nSPS) is 10.9. The smallest absolute Gasteiger partial charge is 0.231 e. The number of fused-ring (bicyclic) bond motifs is 1. The maximum atomic E-state index is 6.07. The molecule has 0 saturated heterocycles. The lowest BCUT2D eigenvalue weighted by Gasteiger charge is -2.10. The molecule has 2 aromatic heterocycles. The van der Waals surface area contributed by atoms with Crippen LogP contribution in [0.5, 0.6) is 0 Å². The fraction of sp³-hybridized carbons (Fsp3) is 0.0556. The van der Waals surface area contributed by atoms with E-state index < -0.39 is 0 Å². The monoisotopic (exact) mass is 384 g/mol. The standard InChI is InChI=1S/C18H14Cl2N6/c1-26-17-15(10-21-26)16(22-14-4-2-3-12(20)9-14)24-18(25-17)23-13-7-5-11(19)6-8-13/h2-10H,1H3,(H2,22,23,24,25). The van der Waals surface area contributed by atoms with Gasteiger partial charge in [0.2, 0.25) is 5.95 Å². The molecule has 130 valence electrons. The van der Waals surface area contributed by atoms with Crippen LogP contribution >= 0.6 is 23.2 Å². The average molecular weight is 385 g/mol. The molecule has 2 heterocycles. The number of hydrogen-bond donors (Lipinski definition) is 2. The zero-order valence-electron chi connectivity index (χ0n) is 13.7. The van der Waals surface area contributed by atoms with Gasteiger partial charge in [-0.05, 0) is 42.5 Å². The number of benzene rings is 2. The van der Waals surface area contributed by atoms with E-state index in [0.29, 0.717) is 27.5 Å². The highest BCUT2D eigenvalue weighted by molar-refractivity contribution is 6.31. The number of anilines is 4. The molecule has 26 heavy (non-hydrogen) atoms. The van der Waals surface area contributed by atoms with Crippen molar-refractivity contribution in [3.05, 3.63) is 64.8 Å². The van der Waals surface area contributed by atoms with Gasteiger partial charge in [0, 0.05) is 28.5 Å². The summed E-state index contributed by atoms with van der Waals surface area (Å²) < 4.78 is 1.70. The van der Waals surface area contributed by atoms with Gasteiger partial charge in [-0.2, -0.15) is 15.1 Å². The Bertz CT molecular complexity index is 1070. The predicted octanol–water partition coefficient (Wildman–Crippen LogP) is 5.16. The molecule has 0 amide bonds. The number of aromatic nitrogens is 4. The van der Waals surface area contributed by atoms with Crippen molar-refractivity contribution in [2.24, 2.45) is 7.05 Å². The Labute approximate surface area is 159 Å². The van der Waals surface area contributed by atoms with E-state index in [1.165, 1.54) is 0 Å². The topological polar surface area (TPSA) is 67.7 Å². The second-order valence-corrected chi connectivity index (χ2v) is 6.54. The molecular formula is C18H14Cl2N6. The Hall–Kier alpha value is -2.83. The van der Waals surface area contributed by atoms with Gasteiger partial charge in [-0.25, -0.2) is 0 Å². The molecule has 0 fully saturated rings. The summed E-state index contributed by atoms with van der Waals surface area (Å²) in [4.78, 5) is 9.15. The van der Waals surface area contributed by atoms with Crippen LogP contribution in [0.4, 0.5) is 23.1 Å². The third-order valence-corrected chi connectivity index (χ3v) is 4.27. The first-order valence-corrected chi connectivity index (χ1v) is 8.59. The molecule has 4 rings (SSSR count). The maximum absolute atomic E-state index is 6.07. The van der Waals surface area contributed by atoms with Crippen molar-refractivity contribution in [2.75, 3.05) is 10.6 Å². The van der Waals surface area contributed by atoms with Crippen LogP contribution in [0.25, 0.3) is 11.0 Å². The van der Waals surface area contributed by atoms with Crippen molar-refractivity contribution in [3.63, 3.8) is 0 Å². The Morgan fingerprint density at radius 2 is 1.69 bits per heavy atom. The Morgan fingerprint density at radius 1 is 0.885 bits per heavy atom. The van der Waals surface area contributed by atoms with E-state index in [9.17, 15) is 0 Å². The molecule has 8 heteroatoms. The Morgan fingerprint density at radius 3 is 2.46 bits per heavy atom. The molecule has 6 nitrogen and oxygen atoms in total. The molecule has 2 N–H and O–H groups in total. The summed E-state index contributed by atoms with van der Waals surface area (Å²) in [7, 11) is 1.84. The van der Waals surface area contributed by atoms with Crippen LogP contribution in [-0.4, -0.2) is 19.7 Å². The fourth-order valence-electron chi connectivity index (χ4n) is 2.54. The third kappa shape index (κ3) is 3.42. The van der Waals surface area contributed by atoms with Gasteiger partial charge < -0.3 is 10.6 Å². The third-order valence-electron chi connectivity index (χ3n) is 3.78. The number of nitrogens with zero attached hydrogens (tertiary/aromatic N) is 4. The molecule has 0 radical (unpaired) electrons. The van der Waals surface area contributed by atoms with E-state index in [0.717, 1.165) is 16.8 Å². The van der Waals surface area contributed by atoms with Crippen LogP contribution in [0.3, 0.4) is 0 Å². The van der Waals surface area contributed by atoms with E-state index in [1.807, 2.05) is 43.4 Å². The number of rotatable bonds is 4. The maximum Gasteiger partial charge on any atom is 0.231 e. The van der Waals surface area contributed by atoms with Gasteiger partial charge in [0.1, 0.15) is 5.82 Å². The Balaban J connectivity index is 1.74. The largest absolute Gasteiger partial charge is 0.339 e. The summed E-state index contributed by atoms with van der Waals surface area (Å²) in [5.74, 6) is 1.09. The van der Waals surface area contributed by atoms with Crippen LogP contribution in [0.1, 0.15) is 0 Å². The number of aryl methyl sites for hydroxylation is 1. The molecule has 0 unspecified atom stereocenters. The lowest BCUT2D eigenvalue weighted by atomic mass is 10.3. The summed E-state index contributed by atoms with van der Waals surface area (Å²) in [6.07, 6.45) is 1.73. The molecule has 0 aliphatic heterocycles. The van der Waals surface area contributed by atoms with Crippen molar-refractivity contribution < 1.29 is 0 Å². The van der Waals surface area contributed by atoms with E-state index in [1.54, 1.807) is 23.0 Å². The van der Waals surface area contributed by atoms with Crippen molar-refractivity contribution in [3.8, 4) is 0 Å².